The van der Waals surface area contributed by atoms with Crippen LogP contribution in [0.15, 0.2) is 0 Å². The molecule has 2 rings (SSSR count). The molecule has 0 aromatic heterocycles. The lowest BCUT2D eigenvalue weighted by Crippen LogP contribution is -2.59. The van der Waals surface area contributed by atoms with Gasteiger partial charge in [-0.05, 0) is 0 Å². The lowest BCUT2D eigenvalue weighted by molar-refractivity contribution is 0.368. The van der Waals surface area contributed by atoms with E-state index in [1.165, 1.54) is 24.6 Å². The Morgan fingerprint density at radius 2 is 1.78 bits per heavy atom. The first-order valence-corrected chi connectivity index (χ1v) is 4.65. The number of nitrogens with one attached hydrogen (secondary N) is 2. The molecule has 0 radical (unpaired) electrons. The van der Waals surface area contributed by atoms with E-state index in [1.807, 2.05) is 0 Å². The van der Waals surface area contributed by atoms with Gasteiger partial charge in [-0.3, -0.25) is 0 Å². The third-order valence-electron chi connectivity index (χ3n) is 1.89. The summed E-state index contributed by atoms with van der Waals surface area (Å²) >= 11 is 2.08. The molecule has 2 bridgehead atoms. The van der Waals surface area contributed by atoms with Crippen molar-refractivity contribution in [2.45, 2.75) is 12.1 Å². The topological polar surface area (TPSA) is 24.1 Å². The molecule has 0 aromatic rings. The molecule has 3 heteroatoms. The molecule has 2 N–H and O–H groups in total. The molecule has 2 atom stereocenters. The Labute approximate surface area is 59.8 Å². The first-order valence-electron chi connectivity index (χ1n) is 3.49. The third kappa shape index (κ3) is 1.23. The van der Waals surface area contributed by atoms with Gasteiger partial charge in [0.2, 0.25) is 0 Å². The summed E-state index contributed by atoms with van der Waals surface area (Å²) in [6, 6.07) is 1.50. The number of hydrogen-bond donors (Lipinski definition) is 2. The SMILES string of the molecule is C1NCC2CSCC1N2. The van der Waals surface area contributed by atoms with E-state index in [9.17, 15) is 0 Å². The van der Waals surface area contributed by atoms with Crippen molar-refractivity contribution < 1.29 is 0 Å². The Kier molecular flexibility index (Phi) is 1.66. The molecule has 2 aliphatic heterocycles. The van der Waals surface area contributed by atoms with Crippen LogP contribution in [0.4, 0.5) is 0 Å². The fourth-order valence-corrected chi connectivity index (χ4v) is 2.58. The van der Waals surface area contributed by atoms with Gasteiger partial charge >= 0.3 is 0 Å². The summed E-state index contributed by atoms with van der Waals surface area (Å²) in [5.41, 5.74) is 0. The molecule has 0 spiro atoms. The molecule has 2 aliphatic rings. The second-order valence-electron chi connectivity index (χ2n) is 2.76. The summed E-state index contributed by atoms with van der Waals surface area (Å²) in [5, 5.41) is 6.98. The Bertz CT molecular complexity index is 87.2. The van der Waals surface area contributed by atoms with Gasteiger partial charge in [-0.1, -0.05) is 0 Å². The van der Waals surface area contributed by atoms with E-state index < -0.39 is 0 Å². The maximum absolute atomic E-state index is 3.57. The van der Waals surface area contributed by atoms with Gasteiger partial charge in [0, 0.05) is 36.7 Å². The average Bonchev–Trinajstić information content (AvgIpc) is 1.88. The van der Waals surface area contributed by atoms with E-state index in [2.05, 4.69) is 22.4 Å². The van der Waals surface area contributed by atoms with Crippen molar-refractivity contribution in [3.63, 3.8) is 0 Å². The first-order chi connectivity index (χ1) is 4.45. The minimum Gasteiger partial charge on any atom is -0.314 e. The molecule has 0 aliphatic carbocycles. The summed E-state index contributed by atoms with van der Waals surface area (Å²) in [4.78, 5) is 0. The van der Waals surface area contributed by atoms with Crippen LogP contribution in [0.5, 0.6) is 0 Å². The smallest absolute Gasteiger partial charge is 0.0286 e. The molecule has 52 valence electrons. The van der Waals surface area contributed by atoms with Crippen LogP contribution in [-0.4, -0.2) is 36.7 Å². The van der Waals surface area contributed by atoms with E-state index >= 15 is 0 Å². The molecular formula is C6H12N2S. The van der Waals surface area contributed by atoms with Gasteiger partial charge in [-0.2, -0.15) is 11.8 Å². The zero-order chi connectivity index (χ0) is 6.10. The van der Waals surface area contributed by atoms with E-state index in [0.29, 0.717) is 0 Å². The van der Waals surface area contributed by atoms with Gasteiger partial charge in [-0.15, -0.1) is 0 Å². The van der Waals surface area contributed by atoms with Gasteiger partial charge < -0.3 is 10.6 Å². The van der Waals surface area contributed by atoms with Crippen LogP contribution in [0.2, 0.25) is 0 Å². The Hall–Kier alpha value is 0.270. The molecule has 0 aromatic carbocycles. The number of hydrogen-bond acceptors (Lipinski definition) is 3. The zero-order valence-electron chi connectivity index (χ0n) is 5.39. The largest absolute Gasteiger partial charge is 0.314 e. The normalized spacial score (nSPS) is 42.7. The van der Waals surface area contributed by atoms with Gasteiger partial charge in [0.25, 0.3) is 0 Å². The number of thioether (sulfide) groups is 1. The minimum absolute atomic E-state index is 0.752. The zero-order valence-corrected chi connectivity index (χ0v) is 6.21. The molecule has 2 heterocycles. The fraction of sp³-hybridized carbons (Fsp3) is 1.00. The number of rotatable bonds is 0. The lowest BCUT2D eigenvalue weighted by atomic mass is 10.2. The number of fused-ring (bicyclic) bond motifs is 2. The van der Waals surface area contributed by atoms with Gasteiger partial charge in [-0.25, -0.2) is 0 Å². The van der Waals surface area contributed by atoms with Crippen LogP contribution in [0.25, 0.3) is 0 Å². The standard InChI is InChI=1S/C6H12N2S/c1-5-3-9-4-6(8-5)2-7-1/h5-8H,1-4H2. The molecule has 2 saturated heterocycles. The highest BCUT2D eigenvalue weighted by Crippen LogP contribution is 2.13. The van der Waals surface area contributed by atoms with Crippen molar-refractivity contribution >= 4 is 11.8 Å². The van der Waals surface area contributed by atoms with Crippen LogP contribution in [-0.2, 0) is 0 Å². The second kappa shape index (κ2) is 2.48. The minimum atomic E-state index is 0.752. The molecule has 2 unspecified atom stereocenters. The van der Waals surface area contributed by atoms with Crippen LogP contribution in [0.1, 0.15) is 0 Å². The van der Waals surface area contributed by atoms with Gasteiger partial charge in [0.05, 0.1) is 0 Å². The van der Waals surface area contributed by atoms with Crippen molar-refractivity contribution in [1.29, 1.82) is 0 Å². The summed E-state index contributed by atoms with van der Waals surface area (Å²) in [6.07, 6.45) is 0. The molecule has 9 heavy (non-hydrogen) atoms. The highest BCUT2D eigenvalue weighted by molar-refractivity contribution is 7.99. The quantitative estimate of drug-likeness (QED) is 0.486. The van der Waals surface area contributed by atoms with Crippen molar-refractivity contribution in [1.82, 2.24) is 10.6 Å². The first kappa shape index (κ1) is 6.01. The molecule has 0 amide bonds. The van der Waals surface area contributed by atoms with Crippen LogP contribution < -0.4 is 10.6 Å². The third-order valence-corrected chi connectivity index (χ3v) is 3.17. The van der Waals surface area contributed by atoms with Gasteiger partial charge in [0.1, 0.15) is 0 Å². The highest BCUT2D eigenvalue weighted by Gasteiger charge is 2.24. The molecule has 0 saturated carbocycles. The molecule has 2 nitrogen and oxygen atoms in total. The van der Waals surface area contributed by atoms with E-state index in [-0.39, 0.29) is 0 Å². The van der Waals surface area contributed by atoms with E-state index in [4.69, 9.17) is 0 Å². The van der Waals surface area contributed by atoms with Gasteiger partial charge in [0.15, 0.2) is 0 Å². The predicted molar refractivity (Wildman–Crippen MR) is 40.9 cm³/mol. The van der Waals surface area contributed by atoms with Crippen molar-refractivity contribution in [3.05, 3.63) is 0 Å². The Balaban J connectivity index is 1.96. The monoisotopic (exact) mass is 144 g/mol. The van der Waals surface area contributed by atoms with E-state index in [0.717, 1.165) is 12.1 Å². The van der Waals surface area contributed by atoms with Crippen molar-refractivity contribution in [2.24, 2.45) is 0 Å². The summed E-state index contributed by atoms with van der Waals surface area (Å²) < 4.78 is 0. The average molecular weight is 144 g/mol. The predicted octanol–water partition coefficient (Wildman–Crippen LogP) is -0.337. The van der Waals surface area contributed by atoms with Crippen LogP contribution >= 0.6 is 11.8 Å². The Morgan fingerprint density at radius 3 is 2.33 bits per heavy atom. The molecular weight excluding hydrogens is 132 g/mol. The second-order valence-corrected chi connectivity index (χ2v) is 3.83. The highest BCUT2D eigenvalue weighted by atomic mass is 32.2. The van der Waals surface area contributed by atoms with Crippen LogP contribution in [0.3, 0.4) is 0 Å². The summed E-state index contributed by atoms with van der Waals surface area (Å²) in [7, 11) is 0. The van der Waals surface area contributed by atoms with Crippen molar-refractivity contribution in [2.75, 3.05) is 24.6 Å². The van der Waals surface area contributed by atoms with Crippen molar-refractivity contribution in [3.8, 4) is 0 Å². The van der Waals surface area contributed by atoms with E-state index in [1.54, 1.807) is 0 Å². The molecule has 2 fully saturated rings. The van der Waals surface area contributed by atoms with Crippen LogP contribution in [0, 0.1) is 0 Å². The maximum Gasteiger partial charge on any atom is 0.0286 e. The summed E-state index contributed by atoms with van der Waals surface area (Å²) in [5.74, 6) is 2.59. The number of piperazine rings is 1. The lowest BCUT2D eigenvalue weighted by Gasteiger charge is -2.35. The summed E-state index contributed by atoms with van der Waals surface area (Å²) in [6.45, 7) is 2.34. The fourth-order valence-electron chi connectivity index (χ4n) is 1.45. The maximum atomic E-state index is 3.57. The Morgan fingerprint density at radius 1 is 1.11 bits per heavy atom.